The highest BCUT2D eigenvalue weighted by atomic mass is 16.6. The molecule has 4 heteroatoms. The van der Waals surface area contributed by atoms with E-state index >= 15 is 0 Å². The second kappa shape index (κ2) is 4.28. The number of rotatable bonds is 1. The predicted octanol–water partition coefficient (Wildman–Crippen LogP) is 1.99. The van der Waals surface area contributed by atoms with Crippen molar-refractivity contribution in [1.29, 1.82) is 0 Å². The Hall–Kier alpha value is -1.55. The summed E-state index contributed by atoms with van der Waals surface area (Å²) in [6.07, 6.45) is 0.731. The molecular weight excluding hydrogens is 228 g/mol. The molecule has 2 heterocycles. The van der Waals surface area contributed by atoms with Crippen LogP contribution in [0, 0.1) is 13.8 Å². The molecule has 2 fully saturated rings. The van der Waals surface area contributed by atoms with Crippen LogP contribution in [0.4, 0.5) is 10.5 Å². The van der Waals surface area contributed by atoms with Crippen molar-refractivity contribution in [3.63, 3.8) is 0 Å². The van der Waals surface area contributed by atoms with Gasteiger partial charge in [0, 0.05) is 12.2 Å². The van der Waals surface area contributed by atoms with E-state index in [9.17, 15) is 4.79 Å². The first-order valence-electron chi connectivity index (χ1n) is 6.44. The standard InChI is InChI=1S/C14H18N2O2/c1-9-3-4-11(7-10(9)2)16-12-8-15-6-5-13(12)18-14(16)17/h3-4,7,12-13,15H,5-6,8H2,1-2H3. The van der Waals surface area contributed by atoms with E-state index in [1.54, 1.807) is 4.90 Å². The third kappa shape index (κ3) is 1.77. The highest BCUT2D eigenvalue weighted by Crippen LogP contribution is 2.30. The minimum Gasteiger partial charge on any atom is -0.444 e. The first-order valence-corrected chi connectivity index (χ1v) is 6.44. The number of nitrogens with one attached hydrogen (secondary N) is 1. The normalized spacial score (nSPS) is 27.0. The smallest absolute Gasteiger partial charge is 0.415 e. The highest BCUT2D eigenvalue weighted by molar-refractivity contribution is 5.91. The summed E-state index contributed by atoms with van der Waals surface area (Å²) in [5.41, 5.74) is 3.39. The van der Waals surface area contributed by atoms with Crippen molar-refractivity contribution in [2.24, 2.45) is 0 Å². The molecule has 0 aliphatic carbocycles. The van der Waals surface area contributed by atoms with Crippen LogP contribution in [0.3, 0.4) is 0 Å². The van der Waals surface area contributed by atoms with Gasteiger partial charge in [-0.3, -0.25) is 4.90 Å². The van der Waals surface area contributed by atoms with Crippen LogP contribution < -0.4 is 10.2 Å². The number of amides is 1. The van der Waals surface area contributed by atoms with E-state index in [4.69, 9.17) is 4.74 Å². The molecule has 1 aromatic carbocycles. The topological polar surface area (TPSA) is 41.6 Å². The van der Waals surface area contributed by atoms with Crippen molar-refractivity contribution in [3.05, 3.63) is 29.3 Å². The molecule has 0 aromatic heterocycles. The minimum atomic E-state index is -0.211. The summed E-state index contributed by atoms with van der Waals surface area (Å²) in [7, 11) is 0. The number of benzene rings is 1. The average Bonchev–Trinajstić information content (AvgIpc) is 2.69. The Balaban J connectivity index is 1.94. The van der Waals surface area contributed by atoms with E-state index in [0.29, 0.717) is 0 Å². The molecule has 2 aliphatic rings. The zero-order valence-electron chi connectivity index (χ0n) is 10.8. The first kappa shape index (κ1) is 11.5. The van der Waals surface area contributed by atoms with Gasteiger partial charge in [-0.2, -0.15) is 0 Å². The number of fused-ring (bicyclic) bond motifs is 1. The Morgan fingerprint density at radius 3 is 2.94 bits per heavy atom. The molecule has 2 unspecified atom stereocenters. The van der Waals surface area contributed by atoms with Crippen LogP contribution in [0.15, 0.2) is 18.2 Å². The van der Waals surface area contributed by atoms with Gasteiger partial charge in [-0.15, -0.1) is 0 Å². The Morgan fingerprint density at radius 1 is 1.33 bits per heavy atom. The lowest BCUT2D eigenvalue weighted by molar-refractivity contribution is 0.117. The fraction of sp³-hybridized carbons (Fsp3) is 0.500. The molecule has 4 nitrogen and oxygen atoms in total. The van der Waals surface area contributed by atoms with E-state index in [-0.39, 0.29) is 18.2 Å². The van der Waals surface area contributed by atoms with Gasteiger partial charge in [0.15, 0.2) is 0 Å². The van der Waals surface area contributed by atoms with E-state index in [0.717, 1.165) is 25.2 Å². The first-order chi connectivity index (χ1) is 8.66. The quantitative estimate of drug-likeness (QED) is 0.824. The maximum atomic E-state index is 12.0. The summed E-state index contributed by atoms with van der Waals surface area (Å²) in [6.45, 7) is 5.88. The summed E-state index contributed by atoms with van der Waals surface area (Å²) in [4.78, 5) is 13.8. The fourth-order valence-corrected chi connectivity index (χ4v) is 2.71. The Morgan fingerprint density at radius 2 is 2.17 bits per heavy atom. The molecule has 2 saturated heterocycles. The second-order valence-corrected chi connectivity index (χ2v) is 5.12. The van der Waals surface area contributed by atoms with E-state index in [1.165, 1.54) is 11.1 Å². The lowest BCUT2D eigenvalue weighted by Crippen LogP contribution is -2.49. The Bertz CT molecular complexity index is 487. The summed E-state index contributed by atoms with van der Waals surface area (Å²) < 4.78 is 5.45. The number of hydrogen-bond donors (Lipinski definition) is 1. The number of ether oxygens (including phenoxy) is 1. The average molecular weight is 246 g/mol. The number of piperidine rings is 1. The summed E-state index contributed by atoms with van der Waals surface area (Å²) in [6, 6.07) is 6.25. The van der Waals surface area contributed by atoms with Gasteiger partial charge in [0.2, 0.25) is 0 Å². The molecule has 1 amide bonds. The van der Waals surface area contributed by atoms with Gasteiger partial charge in [0.05, 0.1) is 6.04 Å². The van der Waals surface area contributed by atoms with Gasteiger partial charge >= 0.3 is 6.09 Å². The van der Waals surface area contributed by atoms with Crippen LogP contribution in [0.25, 0.3) is 0 Å². The molecule has 96 valence electrons. The maximum absolute atomic E-state index is 12.0. The van der Waals surface area contributed by atoms with Crippen LogP contribution in [0.2, 0.25) is 0 Å². The van der Waals surface area contributed by atoms with Crippen LogP contribution in [0.5, 0.6) is 0 Å². The Kier molecular flexibility index (Phi) is 2.74. The molecule has 0 spiro atoms. The monoisotopic (exact) mass is 246 g/mol. The summed E-state index contributed by atoms with van der Waals surface area (Å²) in [5.74, 6) is 0. The highest BCUT2D eigenvalue weighted by Gasteiger charge is 2.43. The molecule has 0 radical (unpaired) electrons. The van der Waals surface area contributed by atoms with Gasteiger partial charge in [0.1, 0.15) is 6.10 Å². The van der Waals surface area contributed by atoms with Gasteiger partial charge in [-0.1, -0.05) is 6.07 Å². The van der Waals surface area contributed by atoms with Crippen LogP contribution in [0.1, 0.15) is 17.5 Å². The predicted molar refractivity (Wildman–Crippen MR) is 69.9 cm³/mol. The molecule has 0 bridgehead atoms. The third-order valence-electron chi connectivity index (χ3n) is 3.94. The maximum Gasteiger partial charge on any atom is 0.415 e. The lowest BCUT2D eigenvalue weighted by Gasteiger charge is -2.28. The summed E-state index contributed by atoms with van der Waals surface area (Å²) in [5, 5.41) is 3.33. The zero-order chi connectivity index (χ0) is 12.7. The number of anilines is 1. The molecule has 1 aromatic rings. The van der Waals surface area contributed by atoms with Crippen molar-refractivity contribution in [2.45, 2.75) is 32.4 Å². The number of carbonyl (C=O) groups excluding carboxylic acids is 1. The number of aryl methyl sites for hydroxylation is 2. The molecule has 2 aliphatic heterocycles. The van der Waals surface area contributed by atoms with Crippen molar-refractivity contribution >= 4 is 11.8 Å². The second-order valence-electron chi connectivity index (χ2n) is 5.12. The molecule has 3 rings (SSSR count). The molecule has 1 N–H and O–H groups in total. The van der Waals surface area contributed by atoms with Crippen molar-refractivity contribution < 1.29 is 9.53 Å². The van der Waals surface area contributed by atoms with Gasteiger partial charge in [0.25, 0.3) is 0 Å². The molecule has 18 heavy (non-hydrogen) atoms. The van der Waals surface area contributed by atoms with E-state index in [2.05, 4.69) is 31.3 Å². The van der Waals surface area contributed by atoms with Gasteiger partial charge in [-0.05, 0) is 50.1 Å². The zero-order valence-corrected chi connectivity index (χ0v) is 10.8. The minimum absolute atomic E-state index is 0.0420. The fourth-order valence-electron chi connectivity index (χ4n) is 2.71. The van der Waals surface area contributed by atoms with Crippen LogP contribution in [-0.2, 0) is 4.74 Å². The number of hydrogen-bond acceptors (Lipinski definition) is 3. The SMILES string of the molecule is Cc1ccc(N2C(=O)OC3CCNCC32)cc1C. The molecular formula is C14H18N2O2. The Labute approximate surface area is 107 Å². The number of carbonyl (C=O) groups is 1. The van der Waals surface area contributed by atoms with Crippen molar-refractivity contribution in [2.75, 3.05) is 18.0 Å². The van der Waals surface area contributed by atoms with Crippen LogP contribution in [-0.4, -0.2) is 31.3 Å². The third-order valence-corrected chi connectivity index (χ3v) is 3.94. The van der Waals surface area contributed by atoms with Gasteiger partial charge < -0.3 is 10.1 Å². The lowest BCUT2D eigenvalue weighted by atomic mass is 10.0. The summed E-state index contributed by atoms with van der Waals surface area (Å²) >= 11 is 0. The van der Waals surface area contributed by atoms with Crippen molar-refractivity contribution in [3.8, 4) is 0 Å². The largest absolute Gasteiger partial charge is 0.444 e. The van der Waals surface area contributed by atoms with Gasteiger partial charge in [-0.25, -0.2) is 4.79 Å². The molecule has 2 atom stereocenters. The van der Waals surface area contributed by atoms with Crippen LogP contribution >= 0.6 is 0 Å². The number of nitrogens with zero attached hydrogens (tertiary/aromatic N) is 1. The van der Waals surface area contributed by atoms with Crippen molar-refractivity contribution in [1.82, 2.24) is 5.32 Å². The van der Waals surface area contributed by atoms with E-state index in [1.807, 2.05) is 6.07 Å². The van der Waals surface area contributed by atoms with E-state index < -0.39 is 0 Å². The molecule has 0 saturated carbocycles.